The van der Waals surface area contributed by atoms with Gasteiger partial charge in [-0.1, -0.05) is 11.6 Å². The molecule has 144 valence electrons. The number of ether oxygens (including phenoxy) is 2. The maximum atomic E-state index is 11.7. The molecule has 7 heteroatoms. The van der Waals surface area contributed by atoms with Crippen LogP contribution in [0, 0.1) is 6.92 Å². The average Bonchev–Trinajstić information content (AvgIpc) is 2.66. The SMILES string of the molecule is CON(C)C(=O)Nc1ccc(OCC=CCOc2ccc(Cl)cc2C)cc1. The first kappa shape index (κ1) is 20.6. The summed E-state index contributed by atoms with van der Waals surface area (Å²) in [6, 6.07) is 12.2. The number of nitrogens with zero attached hydrogens (tertiary/aromatic N) is 1. The molecule has 0 radical (unpaired) electrons. The number of carbonyl (C=O) groups excluding carboxylic acids is 1. The van der Waals surface area contributed by atoms with Crippen LogP contribution in [0.4, 0.5) is 10.5 Å². The van der Waals surface area contributed by atoms with E-state index in [2.05, 4.69) is 5.32 Å². The number of hydrogen-bond acceptors (Lipinski definition) is 4. The first-order valence-electron chi connectivity index (χ1n) is 8.35. The molecule has 2 rings (SSSR count). The molecule has 2 aromatic rings. The molecule has 0 bridgehead atoms. The number of hydrogen-bond donors (Lipinski definition) is 1. The molecule has 0 heterocycles. The fourth-order valence-corrected chi connectivity index (χ4v) is 2.34. The van der Waals surface area contributed by atoms with Gasteiger partial charge in [-0.15, -0.1) is 0 Å². The van der Waals surface area contributed by atoms with E-state index in [-0.39, 0.29) is 6.03 Å². The zero-order valence-electron chi connectivity index (χ0n) is 15.6. The molecule has 0 saturated heterocycles. The second-order valence-electron chi connectivity index (χ2n) is 5.64. The van der Waals surface area contributed by atoms with Crippen LogP contribution in [0.3, 0.4) is 0 Å². The second-order valence-corrected chi connectivity index (χ2v) is 6.07. The highest BCUT2D eigenvalue weighted by Crippen LogP contribution is 2.21. The summed E-state index contributed by atoms with van der Waals surface area (Å²) in [7, 11) is 2.95. The van der Waals surface area contributed by atoms with Crippen LogP contribution in [0.2, 0.25) is 5.02 Å². The minimum atomic E-state index is -0.356. The Kier molecular flexibility index (Phi) is 7.98. The van der Waals surface area contributed by atoms with Crippen LogP contribution in [0.25, 0.3) is 0 Å². The number of anilines is 1. The van der Waals surface area contributed by atoms with Crippen LogP contribution < -0.4 is 14.8 Å². The van der Waals surface area contributed by atoms with E-state index < -0.39 is 0 Å². The van der Waals surface area contributed by atoms with Crippen LogP contribution in [0.15, 0.2) is 54.6 Å². The molecule has 0 aliphatic heterocycles. The van der Waals surface area contributed by atoms with E-state index in [0.717, 1.165) is 16.4 Å². The topological polar surface area (TPSA) is 60.0 Å². The van der Waals surface area contributed by atoms with E-state index in [1.54, 1.807) is 30.3 Å². The molecule has 0 atom stereocenters. The number of urea groups is 1. The van der Waals surface area contributed by atoms with Crippen LogP contribution in [0.5, 0.6) is 11.5 Å². The third kappa shape index (κ3) is 6.84. The fraction of sp³-hybridized carbons (Fsp3) is 0.250. The van der Waals surface area contributed by atoms with Crippen LogP contribution in [0.1, 0.15) is 5.56 Å². The van der Waals surface area contributed by atoms with Gasteiger partial charge in [-0.25, -0.2) is 9.86 Å². The summed E-state index contributed by atoms with van der Waals surface area (Å²) in [5, 5.41) is 4.49. The van der Waals surface area contributed by atoms with Crippen molar-refractivity contribution in [3.8, 4) is 11.5 Å². The summed E-state index contributed by atoms with van der Waals surface area (Å²) < 4.78 is 11.3. The summed E-state index contributed by atoms with van der Waals surface area (Å²) in [6.07, 6.45) is 3.78. The molecule has 0 aliphatic carbocycles. The van der Waals surface area contributed by atoms with Crippen LogP contribution in [-0.2, 0) is 4.84 Å². The van der Waals surface area contributed by atoms with Gasteiger partial charge in [-0.3, -0.25) is 4.84 Å². The molecule has 6 nitrogen and oxygen atoms in total. The minimum Gasteiger partial charge on any atom is -0.490 e. The third-order valence-corrected chi connectivity index (χ3v) is 3.89. The summed E-state index contributed by atoms with van der Waals surface area (Å²) >= 11 is 5.92. The van der Waals surface area contributed by atoms with Gasteiger partial charge in [0.2, 0.25) is 0 Å². The van der Waals surface area contributed by atoms with Gasteiger partial charge < -0.3 is 14.8 Å². The molecule has 27 heavy (non-hydrogen) atoms. The predicted octanol–water partition coefficient (Wildman–Crippen LogP) is 4.69. The van der Waals surface area contributed by atoms with Crippen molar-refractivity contribution in [1.82, 2.24) is 5.06 Å². The minimum absolute atomic E-state index is 0.356. The van der Waals surface area contributed by atoms with Crippen molar-refractivity contribution in [1.29, 1.82) is 0 Å². The molecule has 1 N–H and O–H groups in total. The van der Waals surface area contributed by atoms with Gasteiger partial charge in [0, 0.05) is 17.8 Å². The van der Waals surface area contributed by atoms with Gasteiger partial charge in [0.1, 0.15) is 24.7 Å². The summed E-state index contributed by atoms with van der Waals surface area (Å²) in [5.74, 6) is 1.51. The van der Waals surface area contributed by atoms with Gasteiger partial charge in [-0.05, 0) is 67.1 Å². The van der Waals surface area contributed by atoms with Gasteiger partial charge in [-0.2, -0.15) is 0 Å². The molecule has 2 amide bonds. The van der Waals surface area contributed by atoms with Crippen molar-refractivity contribution < 1.29 is 19.1 Å². The smallest absolute Gasteiger partial charge is 0.345 e. The zero-order valence-corrected chi connectivity index (χ0v) is 16.3. The Hall–Kier alpha value is -2.70. The van der Waals surface area contributed by atoms with Crippen molar-refractivity contribution in [3.63, 3.8) is 0 Å². The van der Waals surface area contributed by atoms with Gasteiger partial charge in [0.25, 0.3) is 0 Å². The van der Waals surface area contributed by atoms with Crippen molar-refractivity contribution in [2.24, 2.45) is 0 Å². The molecule has 0 aromatic heterocycles. The molecule has 0 aliphatic rings. The van der Waals surface area contributed by atoms with Crippen molar-refractivity contribution in [2.75, 3.05) is 32.7 Å². The lowest BCUT2D eigenvalue weighted by Crippen LogP contribution is -2.30. The Labute approximate surface area is 164 Å². The van der Waals surface area contributed by atoms with E-state index in [0.29, 0.717) is 29.7 Å². The molecule has 0 saturated carbocycles. The molecule has 0 fully saturated rings. The van der Waals surface area contributed by atoms with Crippen LogP contribution in [-0.4, -0.2) is 38.5 Å². The van der Waals surface area contributed by atoms with E-state index in [4.69, 9.17) is 25.9 Å². The fourth-order valence-electron chi connectivity index (χ4n) is 2.11. The largest absolute Gasteiger partial charge is 0.490 e. The third-order valence-electron chi connectivity index (χ3n) is 3.65. The number of benzene rings is 2. The number of nitrogens with one attached hydrogen (secondary N) is 1. The highest BCUT2D eigenvalue weighted by atomic mass is 35.5. The van der Waals surface area contributed by atoms with Crippen molar-refractivity contribution in [3.05, 3.63) is 65.2 Å². The van der Waals surface area contributed by atoms with Gasteiger partial charge in [0.15, 0.2) is 0 Å². The molecule has 0 unspecified atom stereocenters. The van der Waals surface area contributed by atoms with Crippen molar-refractivity contribution >= 4 is 23.3 Å². The first-order chi connectivity index (χ1) is 13.0. The van der Waals surface area contributed by atoms with E-state index in [1.807, 2.05) is 31.2 Å². The maximum absolute atomic E-state index is 11.7. The predicted molar refractivity (Wildman–Crippen MR) is 107 cm³/mol. The highest BCUT2D eigenvalue weighted by molar-refractivity contribution is 6.30. The number of aryl methyl sites for hydroxylation is 1. The van der Waals surface area contributed by atoms with Gasteiger partial charge >= 0.3 is 6.03 Å². The Morgan fingerprint density at radius 1 is 1.11 bits per heavy atom. The average molecular weight is 391 g/mol. The second kappa shape index (κ2) is 10.4. The number of halogens is 1. The molecular weight excluding hydrogens is 368 g/mol. The lowest BCUT2D eigenvalue weighted by atomic mass is 10.2. The quantitative estimate of drug-likeness (QED) is 0.524. The summed E-state index contributed by atoms with van der Waals surface area (Å²) in [6.45, 7) is 2.82. The highest BCUT2D eigenvalue weighted by Gasteiger charge is 2.07. The maximum Gasteiger partial charge on any atom is 0.345 e. The Morgan fingerprint density at radius 2 is 1.78 bits per heavy atom. The normalized spacial score (nSPS) is 10.7. The standard InChI is InChI=1S/C20H23ClN2O4/c1-15-14-16(21)6-11-19(15)27-13-5-4-12-26-18-9-7-17(8-10-18)22-20(24)23(2)25-3/h4-11,14H,12-13H2,1-3H3,(H,22,24). The molecule has 0 spiro atoms. The van der Waals surface area contributed by atoms with E-state index in [1.165, 1.54) is 14.2 Å². The Morgan fingerprint density at radius 3 is 2.41 bits per heavy atom. The molecule has 2 aromatic carbocycles. The number of carbonyl (C=O) groups is 1. The number of amides is 2. The Bertz CT molecular complexity index is 778. The lowest BCUT2D eigenvalue weighted by molar-refractivity contribution is -0.0598. The number of hydroxylamine groups is 2. The summed E-state index contributed by atoms with van der Waals surface area (Å²) in [5.41, 5.74) is 1.65. The first-order valence-corrected chi connectivity index (χ1v) is 8.73. The Balaban J connectivity index is 1.72. The van der Waals surface area contributed by atoms with Crippen LogP contribution >= 0.6 is 11.6 Å². The summed E-state index contributed by atoms with van der Waals surface area (Å²) in [4.78, 5) is 16.5. The van der Waals surface area contributed by atoms with E-state index in [9.17, 15) is 4.79 Å². The number of rotatable bonds is 8. The zero-order chi connectivity index (χ0) is 19.6. The molecular formula is C20H23ClN2O4. The lowest BCUT2D eigenvalue weighted by Gasteiger charge is -2.14. The van der Waals surface area contributed by atoms with Crippen molar-refractivity contribution in [2.45, 2.75) is 6.92 Å². The van der Waals surface area contributed by atoms with Gasteiger partial charge in [0.05, 0.1) is 7.11 Å². The van der Waals surface area contributed by atoms with E-state index >= 15 is 0 Å². The monoisotopic (exact) mass is 390 g/mol.